The zero-order valence-electron chi connectivity index (χ0n) is 13.6. The maximum atomic E-state index is 12.2. The molecule has 0 aliphatic carbocycles. The molecular weight excluding hydrogens is 306 g/mol. The second kappa shape index (κ2) is 7.49. The molecule has 0 unspecified atom stereocenters. The topological polar surface area (TPSA) is 85.4 Å². The predicted octanol–water partition coefficient (Wildman–Crippen LogP) is 2.68. The summed E-state index contributed by atoms with van der Waals surface area (Å²) in [6.07, 6.45) is 5.25. The van der Waals surface area contributed by atoms with Crippen LogP contribution in [0.2, 0.25) is 0 Å². The third kappa shape index (κ3) is 4.14. The van der Waals surface area contributed by atoms with Crippen molar-refractivity contribution in [3.05, 3.63) is 30.5 Å². The monoisotopic (exact) mass is 329 g/mol. The molecule has 0 spiro atoms. The van der Waals surface area contributed by atoms with Crippen molar-refractivity contribution in [3.8, 4) is 0 Å². The molecule has 1 aromatic heterocycles. The normalized spacial score (nSPS) is 16.8. The second-order valence-corrected chi connectivity index (χ2v) is 6.43. The van der Waals surface area contributed by atoms with Crippen LogP contribution >= 0.6 is 0 Å². The van der Waals surface area contributed by atoms with E-state index in [4.69, 9.17) is 0 Å². The van der Waals surface area contributed by atoms with Crippen molar-refractivity contribution in [2.24, 2.45) is 5.92 Å². The summed E-state index contributed by atoms with van der Waals surface area (Å²) in [6.45, 7) is 2.29. The van der Waals surface area contributed by atoms with Gasteiger partial charge in [-0.1, -0.05) is 12.5 Å². The standard InChI is InChI=1S/C18H23N3O3/c22-17(20-15-5-4-13-6-7-19-16(13)11-15)10-14(18(23)24)12-21-8-2-1-3-9-21/h4-7,11,14,19H,1-3,8-10,12H2,(H,20,22)(H,23,24)/t14-/m0/s1. The van der Waals surface area contributed by atoms with Gasteiger partial charge in [-0.15, -0.1) is 0 Å². The number of nitrogens with zero attached hydrogens (tertiary/aromatic N) is 1. The highest BCUT2D eigenvalue weighted by Gasteiger charge is 2.25. The maximum absolute atomic E-state index is 12.2. The molecule has 1 atom stereocenters. The lowest BCUT2D eigenvalue weighted by atomic mass is 10.0. The van der Waals surface area contributed by atoms with Crippen LogP contribution in [0.3, 0.4) is 0 Å². The summed E-state index contributed by atoms with van der Waals surface area (Å²) in [5, 5.41) is 13.3. The quantitative estimate of drug-likeness (QED) is 0.760. The van der Waals surface area contributed by atoms with Crippen molar-refractivity contribution < 1.29 is 14.7 Å². The molecule has 6 heteroatoms. The highest BCUT2D eigenvalue weighted by molar-refractivity contribution is 5.95. The van der Waals surface area contributed by atoms with Crippen LogP contribution in [0.25, 0.3) is 10.9 Å². The molecule has 0 saturated carbocycles. The number of carbonyl (C=O) groups excluding carboxylic acids is 1. The fourth-order valence-electron chi connectivity index (χ4n) is 3.25. The number of benzene rings is 1. The SMILES string of the molecule is O=C(C[C@@H](CN1CCCCC1)C(=O)O)Nc1ccc2cc[nH]c2c1. The number of hydrogen-bond donors (Lipinski definition) is 3. The summed E-state index contributed by atoms with van der Waals surface area (Å²) in [6, 6.07) is 7.56. The largest absolute Gasteiger partial charge is 0.481 e. The minimum Gasteiger partial charge on any atom is -0.481 e. The number of likely N-dealkylation sites (tertiary alicyclic amines) is 1. The zero-order chi connectivity index (χ0) is 16.9. The number of fused-ring (bicyclic) bond motifs is 1. The fraction of sp³-hybridized carbons (Fsp3) is 0.444. The Labute approximate surface area is 140 Å². The predicted molar refractivity (Wildman–Crippen MR) is 93.0 cm³/mol. The Kier molecular flexibility index (Phi) is 5.15. The first-order valence-electron chi connectivity index (χ1n) is 8.44. The van der Waals surface area contributed by atoms with Gasteiger partial charge >= 0.3 is 5.97 Å². The highest BCUT2D eigenvalue weighted by atomic mass is 16.4. The van der Waals surface area contributed by atoms with Gasteiger partial charge in [0.1, 0.15) is 0 Å². The smallest absolute Gasteiger partial charge is 0.308 e. The number of carbonyl (C=O) groups is 2. The zero-order valence-corrected chi connectivity index (χ0v) is 13.6. The summed E-state index contributed by atoms with van der Waals surface area (Å²) in [5.41, 5.74) is 1.62. The van der Waals surface area contributed by atoms with Gasteiger partial charge in [-0.2, -0.15) is 0 Å². The molecule has 1 saturated heterocycles. The number of aromatic amines is 1. The fourth-order valence-corrected chi connectivity index (χ4v) is 3.25. The first-order valence-corrected chi connectivity index (χ1v) is 8.44. The van der Waals surface area contributed by atoms with Gasteiger partial charge in [0.15, 0.2) is 0 Å². The summed E-state index contributed by atoms with van der Waals surface area (Å²) in [7, 11) is 0. The maximum Gasteiger partial charge on any atom is 0.308 e. The van der Waals surface area contributed by atoms with Crippen LogP contribution in [0.15, 0.2) is 30.5 Å². The van der Waals surface area contributed by atoms with Crippen LogP contribution in [-0.4, -0.2) is 46.5 Å². The molecule has 3 rings (SSSR count). The Balaban J connectivity index is 1.59. The molecule has 1 aliphatic heterocycles. The number of carboxylic acids is 1. The van der Waals surface area contributed by atoms with Crippen molar-refractivity contribution in [1.82, 2.24) is 9.88 Å². The lowest BCUT2D eigenvalue weighted by molar-refractivity contribution is -0.144. The van der Waals surface area contributed by atoms with Gasteiger partial charge in [-0.05, 0) is 49.5 Å². The van der Waals surface area contributed by atoms with Crippen molar-refractivity contribution in [2.45, 2.75) is 25.7 Å². The Hall–Kier alpha value is -2.34. The first kappa shape index (κ1) is 16.5. The van der Waals surface area contributed by atoms with Gasteiger partial charge in [-0.25, -0.2) is 0 Å². The number of rotatable bonds is 6. The van der Waals surface area contributed by atoms with E-state index in [1.807, 2.05) is 30.5 Å². The molecule has 6 nitrogen and oxygen atoms in total. The van der Waals surface area contributed by atoms with Crippen LogP contribution in [0.1, 0.15) is 25.7 Å². The van der Waals surface area contributed by atoms with E-state index < -0.39 is 11.9 Å². The molecule has 1 amide bonds. The average Bonchev–Trinajstić information content (AvgIpc) is 3.02. The van der Waals surface area contributed by atoms with Crippen LogP contribution in [0.4, 0.5) is 5.69 Å². The summed E-state index contributed by atoms with van der Waals surface area (Å²) in [4.78, 5) is 29.0. The Morgan fingerprint density at radius 1 is 1.21 bits per heavy atom. The second-order valence-electron chi connectivity index (χ2n) is 6.43. The van der Waals surface area contributed by atoms with Crippen molar-refractivity contribution >= 4 is 28.5 Å². The number of amides is 1. The van der Waals surface area contributed by atoms with Crippen molar-refractivity contribution in [2.75, 3.05) is 25.0 Å². The Morgan fingerprint density at radius 2 is 2.00 bits per heavy atom. The van der Waals surface area contributed by atoms with E-state index in [2.05, 4.69) is 15.2 Å². The number of aliphatic carboxylic acids is 1. The van der Waals surface area contributed by atoms with E-state index in [1.165, 1.54) is 6.42 Å². The van der Waals surface area contributed by atoms with E-state index in [1.54, 1.807) is 0 Å². The van der Waals surface area contributed by atoms with E-state index in [0.717, 1.165) is 36.8 Å². The van der Waals surface area contributed by atoms with Crippen LogP contribution in [0, 0.1) is 5.92 Å². The van der Waals surface area contributed by atoms with E-state index in [9.17, 15) is 14.7 Å². The van der Waals surface area contributed by atoms with E-state index >= 15 is 0 Å². The van der Waals surface area contributed by atoms with Crippen LogP contribution < -0.4 is 5.32 Å². The number of aromatic nitrogens is 1. The third-order valence-corrected chi connectivity index (χ3v) is 4.55. The van der Waals surface area contributed by atoms with Gasteiger partial charge in [-0.3, -0.25) is 9.59 Å². The summed E-state index contributed by atoms with van der Waals surface area (Å²) >= 11 is 0. The van der Waals surface area contributed by atoms with Crippen molar-refractivity contribution in [3.63, 3.8) is 0 Å². The lowest BCUT2D eigenvalue weighted by Gasteiger charge is -2.28. The lowest BCUT2D eigenvalue weighted by Crippen LogP contribution is -2.38. The molecule has 128 valence electrons. The number of anilines is 1. The number of carboxylic acid groups (broad SMARTS) is 1. The van der Waals surface area contributed by atoms with Crippen LogP contribution in [-0.2, 0) is 9.59 Å². The number of piperidine rings is 1. The molecule has 1 fully saturated rings. The molecule has 2 aromatic rings. The Morgan fingerprint density at radius 3 is 2.75 bits per heavy atom. The van der Waals surface area contributed by atoms with Gasteiger partial charge in [0.2, 0.25) is 5.91 Å². The molecule has 0 radical (unpaired) electrons. The van der Waals surface area contributed by atoms with Gasteiger partial charge in [0, 0.05) is 30.4 Å². The summed E-state index contributed by atoms with van der Waals surface area (Å²) < 4.78 is 0. The van der Waals surface area contributed by atoms with Gasteiger partial charge in [0.25, 0.3) is 0 Å². The number of nitrogens with one attached hydrogen (secondary N) is 2. The molecule has 24 heavy (non-hydrogen) atoms. The van der Waals surface area contributed by atoms with Crippen LogP contribution in [0.5, 0.6) is 0 Å². The molecule has 2 heterocycles. The van der Waals surface area contributed by atoms with E-state index in [0.29, 0.717) is 12.2 Å². The summed E-state index contributed by atoms with van der Waals surface area (Å²) in [5.74, 6) is -1.84. The number of H-pyrrole nitrogens is 1. The molecule has 1 aromatic carbocycles. The average molecular weight is 329 g/mol. The highest BCUT2D eigenvalue weighted by Crippen LogP contribution is 2.19. The van der Waals surface area contributed by atoms with E-state index in [-0.39, 0.29) is 12.3 Å². The minimum absolute atomic E-state index is 0.00536. The number of hydrogen-bond acceptors (Lipinski definition) is 3. The molecular formula is C18H23N3O3. The minimum atomic E-state index is -0.907. The molecule has 0 bridgehead atoms. The van der Waals surface area contributed by atoms with Gasteiger partial charge < -0.3 is 20.3 Å². The Bertz CT molecular complexity index is 719. The first-order chi connectivity index (χ1) is 11.6. The third-order valence-electron chi connectivity index (χ3n) is 4.55. The van der Waals surface area contributed by atoms with Gasteiger partial charge in [0.05, 0.1) is 5.92 Å². The molecule has 3 N–H and O–H groups in total. The molecule has 1 aliphatic rings. The van der Waals surface area contributed by atoms with Crippen molar-refractivity contribution in [1.29, 1.82) is 0 Å².